The smallest absolute Gasteiger partial charge is 0.313 e. The molecule has 0 aromatic heterocycles. The van der Waals surface area contributed by atoms with Crippen LogP contribution in [0.4, 0.5) is 14.5 Å². The van der Waals surface area contributed by atoms with E-state index in [0.717, 1.165) is 18.2 Å². The van der Waals surface area contributed by atoms with Gasteiger partial charge in [-0.15, -0.1) is 0 Å². The molecular weight excluding hydrogens is 346 g/mol. The van der Waals surface area contributed by atoms with Crippen molar-refractivity contribution in [3.8, 4) is 5.75 Å². The zero-order valence-electron chi connectivity index (χ0n) is 13.6. The van der Waals surface area contributed by atoms with Crippen LogP contribution in [-0.4, -0.2) is 30.1 Å². The maximum Gasteiger partial charge on any atom is 0.313 e. The number of anilines is 1. The number of aliphatic hydroxyl groups is 1. The van der Waals surface area contributed by atoms with Crippen molar-refractivity contribution in [2.45, 2.75) is 12.0 Å². The van der Waals surface area contributed by atoms with E-state index in [2.05, 4.69) is 10.6 Å². The average molecular weight is 362 g/mol. The van der Waals surface area contributed by atoms with Crippen LogP contribution in [0.1, 0.15) is 12.0 Å². The quantitative estimate of drug-likeness (QED) is 0.725. The molecule has 0 spiro atoms. The van der Waals surface area contributed by atoms with E-state index < -0.39 is 29.0 Å². The van der Waals surface area contributed by atoms with Gasteiger partial charge in [0.2, 0.25) is 0 Å². The van der Waals surface area contributed by atoms with Gasteiger partial charge >= 0.3 is 11.8 Å². The molecular formula is C18H16F2N2O4. The molecule has 2 amide bonds. The lowest BCUT2D eigenvalue weighted by Crippen LogP contribution is -2.46. The van der Waals surface area contributed by atoms with Crippen molar-refractivity contribution in [2.24, 2.45) is 0 Å². The molecule has 0 bridgehead atoms. The number of rotatable bonds is 3. The van der Waals surface area contributed by atoms with Gasteiger partial charge in [0.1, 0.15) is 11.4 Å². The Bertz CT molecular complexity index is 859. The summed E-state index contributed by atoms with van der Waals surface area (Å²) in [4.78, 5) is 23.8. The van der Waals surface area contributed by atoms with E-state index in [-0.39, 0.29) is 25.3 Å². The van der Waals surface area contributed by atoms with Gasteiger partial charge in [-0.1, -0.05) is 18.2 Å². The molecule has 1 heterocycles. The molecule has 6 nitrogen and oxygen atoms in total. The highest BCUT2D eigenvalue weighted by Crippen LogP contribution is 2.36. The number of nitrogens with one attached hydrogen (secondary N) is 2. The van der Waals surface area contributed by atoms with Crippen LogP contribution in [0, 0.1) is 11.6 Å². The summed E-state index contributed by atoms with van der Waals surface area (Å²) in [5.41, 5.74) is -0.904. The van der Waals surface area contributed by atoms with Crippen LogP contribution in [0.2, 0.25) is 0 Å². The molecule has 1 aliphatic rings. The number of fused-ring (bicyclic) bond motifs is 1. The Morgan fingerprint density at radius 3 is 2.65 bits per heavy atom. The van der Waals surface area contributed by atoms with Gasteiger partial charge in [-0.25, -0.2) is 8.78 Å². The number of para-hydroxylation sites is 1. The first-order valence-corrected chi connectivity index (χ1v) is 7.88. The van der Waals surface area contributed by atoms with Gasteiger partial charge in [-0.05, 0) is 18.2 Å². The van der Waals surface area contributed by atoms with Gasteiger partial charge in [-0.2, -0.15) is 0 Å². The predicted molar refractivity (Wildman–Crippen MR) is 88.4 cm³/mol. The maximum atomic E-state index is 13.1. The summed E-state index contributed by atoms with van der Waals surface area (Å²) in [6.45, 7) is 0.0713. The Morgan fingerprint density at radius 1 is 1.12 bits per heavy atom. The average Bonchev–Trinajstić information content (AvgIpc) is 2.63. The van der Waals surface area contributed by atoms with Crippen molar-refractivity contribution in [2.75, 3.05) is 18.5 Å². The Balaban J connectivity index is 1.63. The number of benzene rings is 2. The molecule has 8 heteroatoms. The standard InChI is InChI=1S/C18H16F2N2O4/c19-13-6-5-11(9-14(13)20)22-17(24)16(23)21-10-18(25)7-8-26-15-4-2-1-3-12(15)18/h1-6,9,25H,7-8,10H2,(H,21,23)(H,22,24). The SMILES string of the molecule is O=C(NCC1(O)CCOc2ccccc21)C(=O)Nc1ccc(F)c(F)c1. The predicted octanol–water partition coefficient (Wildman–Crippen LogP) is 1.69. The summed E-state index contributed by atoms with van der Waals surface area (Å²) in [5, 5.41) is 15.3. The van der Waals surface area contributed by atoms with Crippen LogP contribution in [0.15, 0.2) is 42.5 Å². The molecule has 1 atom stereocenters. The first kappa shape index (κ1) is 17.8. The van der Waals surface area contributed by atoms with E-state index in [9.17, 15) is 23.5 Å². The van der Waals surface area contributed by atoms with Crippen molar-refractivity contribution >= 4 is 17.5 Å². The fraction of sp³-hybridized carbons (Fsp3) is 0.222. The summed E-state index contributed by atoms with van der Waals surface area (Å²) < 4.78 is 31.5. The maximum absolute atomic E-state index is 13.1. The number of hydrogen-bond donors (Lipinski definition) is 3. The van der Waals surface area contributed by atoms with Gasteiger partial charge in [0.25, 0.3) is 0 Å². The van der Waals surface area contributed by atoms with Crippen LogP contribution in [0.25, 0.3) is 0 Å². The zero-order valence-corrected chi connectivity index (χ0v) is 13.6. The van der Waals surface area contributed by atoms with Gasteiger partial charge < -0.3 is 20.5 Å². The van der Waals surface area contributed by atoms with Gasteiger partial charge in [-0.3, -0.25) is 9.59 Å². The molecule has 1 unspecified atom stereocenters. The van der Waals surface area contributed by atoms with Crippen molar-refractivity contribution < 1.29 is 28.2 Å². The summed E-state index contributed by atoms with van der Waals surface area (Å²) >= 11 is 0. The van der Waals surface area contributed by atoms with E-state index in [1.807, 2.05) is 0 Å². The summed E-state index contributed by atoms with van der Waals surface area (Å²) in [6, 6.07) is 9.62. The second-order valence-electron chi connectivity index (χ2n) is 5.89. The fourth-order valence-electron chi connectivity index (χ4n) is 2.69. The second kappa shape index (κ2) is 7.09. The van der Waals surface area contributed by atoms with Crippen LogP contribution < -0.4 is 15.4 Å². The largest absolute Gasteiger partial charge is 0.493 e. The molecule has 3 N–H and O–H groups in total. The zero-order chi connectivity index (χ0) is 18.7. The van der Waals surface area contributed by atoms with Gasteiger partial charge in [0, 0.05) is 23.7 Å². The number of carbonyl (C=O) groups excluding carboxylic acids is 2. The fourth-order valence-corrected chi connectivity index (χ4v) is 2.69. The lowest BCUT2D eigenvalue weighted by molar-refractivity contribution is -0.137. The molecule has 0 fully saturated rings. The lowest BCUT2D eigenvalue weighted by atomic mass is 9.88. The lowest BCUT2D eigenvalue weighted by Gasteiger charge is -2.34. The van der Waals surface area contributed by atoms with Crippen molar-refractivity contribution in [3.63, 3.8) is 0 Å². The highest BCUT2D eigenvalue weighted by atomic mass is 19.2. The van der Waals surface area contributed by atoms with Crippen molar-refractivity contribution in [3.05, 3.63) is 59.7 Å². The van der Waals surface area contributed by atoms with Crippen LogP contribution >= 0.6 is 0 Å². The highest BCUT2D eigenvalue weighted by molar-refractivity contribution is 6.39. The van der Waals surface area contributed by atoms with E-state index in [1.54, 1.807) is 24.3 Å². The molecule has 3 rings (SSSR count). The van der Waals surface area contributed by atoms with Crippen LogP contribution in [-0.2, 0) is 15.2 Å². The monoisotopic (exact) mass is 362 g/mol. The van der Waals surface area contributed by atoms with Gasteiger partial charge in [0.05, 0.1) is 13.2 Å². The minimum atomic E-state index is -1.37. The normalized spacial score (nSPS) is 18.4. The molecule has 136 valence electrons. The second-order valence-corrected chi connectivity index (χ2v) is 5.89. The molecule has 1 aliphatic heterocycles. The number of carbonyl (C=O) groups is 2. The van der Waals surface area contributed by atoms with Crippen LogP contribution in [0.3, 0.4) is 0 Å². The van der Waals surface area contributed by atoms with E-state index in [0.29, 0.717) is 11.3 Å². The Kier molecular flexibility index (Phi) is 4.85. The first-order valence-electron chi connectivity index (χ1n) is 7.88. The molecule has 2 aromatic rings. The van der Waals surface area contributed by atoms with Crippen LogP contribution in [0.5, 0.6) is 5.75 Å². The number of ether oxygens (including phenoxy) is 1. The number of halogens is 2. The summed E-state index contributed by atoms with van der Waals surface area (Å²) in [6.07, 6.45) is 0.245. The molecule has 0 saturated heterocycles. The minimum absolute atomic E-state index is 0.0563. The Hall–Kier alpha value is -3.00. The first-order chi connectivity index (χ1) is 12.4. The minimum Gasteiger partial charge on any atom is -0.493 e. The van der Waals surface area contributed by atoms with E-state index in [4.69, 9.17) is 4.74 Å². The number of hydrogen-bond acceptors (Lipinski definition) is 4. The van der Waals surface area contributed by atoms with Crippen molar-refractivity contribution in [1.82, 2.24) is 5.32 Å². The van der Waals surface area contributed by atoms with Gasteiger partial charge in [0.15, 0.2) is 11.6 Å². The molecule has 2 aromatic carbocycles. The highest BCUT2D eigenvalue weighted by Gasteiger charge is 2.36. The third-order valence-corrected chi connectivity index (χ3v) is 4.09. The Morgan fingerprint density at radius 2 is 1.88 bits per heavy atom. The molecule has 0 aliphatic carbocycles. The third-order valence-electron chi connectivity index (χ3n) is 4.09. The molecule has 0 radical (unpaired) electrons. The summed E-state index contributed by atoms with van der Waals surface area (Å²) in [7, 11) is 0. The topological polar surface area (TPSA) is 87.7 Å². The molecule has 26 heavy (non-hydrogen) atoms. The number of amides is 2. The van der Waals surface area contributed by atoms with Crippen molar-refractivity contribution in [1.29, 1.82) is 0 Å². The molecule has 0 saturated carbocycles. The third kappa shape index (κ3) is 3.65. The Labute approximate surface area is 147 Å². The van der Waals surface area contributed by atoms with E-state index >= 15 is 0 Å². The van der Waals surface area contributed by atoms with E-state index in [1.165, 1.54) is 0 Å². The summed E-state index contributed by atoms with van der Waals surface area (Å²) in [5.74, 6) is -3.75.